The third kappa shape index (κ3) is 2.08. The largest absolute Gasteiger partial charge is 0.330 e. The number of hydrogen-bond acceptors (Lipinski definition) is 4. The molecule has 6 heteroatoms. The van der Waals surface area contributed by atoms with E-state index in [0.717, 1.165) is 21.2 Å². The van der Waals surface area contributed by atoms with E-state index in [1.54, 1.807) is 17.0 Å². The Bertz CT molecular complexity index is 1090. The molecule has 0 saturated carbocycles. The van der Waals surface area contributed by atoms with Crippen molar-refractivity contribution in [1.82, 2.24) is 14.5 Å². The molecule has 0 saturated heterocycles. The van der Waals surface area contributed by atoms with Gasteiger partial charge in [0.1, 0.15) is 4.70 Å². The van der Waals surface area contributed by atoms with Gasteiger partial charge in [0.15, 0.2) is 4.77 Å². The zero-order chi connectivity index (χ0) is 15.1. The number of nitrogens with zero attached hydrogens (tertiary/aromatic N) is 2. The van der Waals surface area contributed by atoms with Crippen molar-refractivity contribution in [2.24, 2.45) is 0 Å². The van der Waals surface area contributed by atoms with Crippen molar-refractivity contribution in [3.05, 3.63) is 69.5 Å². The van der Waals surface area contributed by atoms with Gasteiger partial charge in [0, 0.05) is 22.5 Å². The average molecular weight is 325 g/mol. The molecule has 22 heavy (non-hydrogen) atoms. The van der Waals surface area contributed by atoms with E-state index in [4.69, 9.17) is 12.2 Å². The number of hydrogen-bond donors (Lipinski definition) is 1. The first-order valence-electron chi connectivity index (χ1n) is 6.77. The van der Waals surface area contributed by atoms with Crippen molar-refractivity contribution in [3.63, 3.8) is 0 Å². The zero-order valence-corrected chi connectivity index (χ0v) is 13.1. The Morgan fingerprint density at radius 2 is 2.09 bits per heavy atom. The number of aromatic amines is 1. The lowest BCUT2D eigenvalue weighted by Gasteiger charge is -2.06. The summed E-state index contributed by atoms with van der Waals surface area (Å²) in [5, 5.41) is 1.04. The Hall–Kier alpha value is -2.31. The number of fused-ring (bicyclic) bond motifs is 3. The molecule has 0 bridgehead atoms. The lowest BCUT2D eigenvalue weighted by molar-refractivity contribution is 0.733. The van der Waals surface area contributed by atoms with E-state index in [1.807, 2.05) is 36.4 Å². The van der Waals surface area contributed by atoms with Gasteiger partial charge in [-0.1, -0.05) is 24.3 Å². The van der Waals surface area contributed by atoms with Crippen LogP contribution in [0.1, 0.15) is 5.56 Å². The van der Waals surface area contributed by atoms with Crippen LogP contribution in [0.3, 0.4) is 0 Å². The Morgan fingerprint density at radius 3 is 2.91 bits per heavy atom. The molecule has 4 nitrogen and oxygen atoms in total. The minimum Gasteiger partial charge on any atom is -0.330 e. The summed E-state index contributed by atoms with van der Waals surface area (Å²) < 4.78 is 3.81. The molecule has 4 aromatic rings. The Morgan fingerprint density at radius 1 is 1.23 bits per heavy atom. The van der Waals surface area contributed by atoms with Crippen LogP contribution in [0.5, 0.6) is 0 Å². The van der Waals surface area contributed by atoms with Gasteiger partial charge in [-0.05, 0) is 29.9 Å². The van der Waals surface area contributed by atoms with Gasteiger partial charge in [-0.2, -0.15) is 0 Å². The van der Waals surface area contributed by atoms with Crippen molar-refractivity contribution in [2.75, 3.05) is 0 Å². The minimum atomic E-state index is -0.0520. The molecule has 4 rings (SSSR count). The molecule has 0 aliphatic carbocycles. The molecule has 3 aromatic heterocycles. The quantitative estimate of drug-likeness (QED) is 0.572. The van der Waals surface area contributed by atoms with E-state index in [2.05, 4.69) is 9.97 Å². The van der Waals surface area contributed by atoms with E-state index in [1.165, 1.54) is 11.3 Å². The molecule has 0 atom stereocenters. The summed E-state index contributed by atoms with van der Waals surface area (Å²) >= 11 is 6.88. The van der Waals surface area contributed by atoms with Crippen LogP contribution in [-0.2, 0) is 6.54 Å². The van der Waals surface area contributed by atoms with Crippen molar-refractivity contribution >= 4 is 43.9 Å². The van der Waals surface area contributed by atoms with E-state index in [9.17, 15) is 4.79 Å². The summed E-state index contributed by atoms with van der Waals surface area (Å²) in [5.74, 6) is 0. The monoisotopic (exact) mass is 325 g/mol. The van der Waals surface area contributed by atoms with Gasteiger partial charge >= 0.3 is 0 Å². The van der Waals surface area contributed by atoms with Gasteiger partial charge in [0.2, 0.25) is 0 Å². The fourth-order valence-corrected chi connectivity index (χ4v) is 3.88. The molecular formula is C16H11N3OS2. The predicted octanol–water partition coefficient (Wildman–Crippen LogP) is 3.72. The molecule has 0 amide bonds. The highest BCUT2D eigenvalue weighted by molar-refractivity contribution is 7.71. The average Bonchev–Trinajstić information content (AvgIpc) is 2.91. The molecule has 1 aromatic carbocycles. The first-order valence-corrected chi connectivity index (χ1v) is 8.00. The van der Waals surface area contributed by atoms with Crippen LogP contribution in [0.2, 0.25) is 0 Å². The van der Waals surface area contributed by atoms with Gasteiger partial charge in [0.25, 0.3) is 5.56 Å². The lowest BCUT2D eigenvalue weighted by atomic mass is 10.2. The zero-order valence-electron chi connectivity index (χ0n) is 11.4. The third-order valence-corrected chi connectivity index (χ3v) is 5.06. The topological polar surface area (TPSA) is 50.7 Å². The van der Waals surface area contributed by atoms with Crippen LogP contribution in [0.15, 0.2) is 53.6 Å². The number of H-pyrrole nitrogens is 1. The molecule has 108 valence electrons. The molecule has 3 heterocycles. The fourth-order valence-electron chi connectivity index (χ4n) is 2.53. The summed E-state index contributed by atoms with van der Waals surface area (Å²) in [7, 11) is 0. The number of nitrogens with one attached hydrogen (secondary N) is 1. The molecule has 0 spiro atoms. The first-order chi connectivity index (χ1) is 10.7. The summed E-state index contributed by atoms with van der Waals surface area (Å²) in [6.07, 6.45) is 3.46. The normalized spacial score (nSPS) is 11.3. The number of benzene rings is 1. The fraction of sp³-hybridized carbons (Fsp3) is 0.0625. The standard InChI is InChI=1S/C16H11N3OS2/c20-15-14-13(11-5-1-2-6-12(11)22-14)18-16(21)19(15)9-10-4-3-7-17-8-10/h1-8H,9H2,(H,18,21). The van der Waals surface area contributed by atoms with Gasteiger partial charge in [-0.25, -0.2) is 0 Å². The molecular weight excluding hydrogens is 314 g/mol. The van der Waals surface area contributed by atoms with Crippen LogP contribution in [0, 0.1) is 4.77 Å². The minimum absolute atomic E-state index is 0.0520. The predicted molar refractivity (Wildman–Crippen MR) is 92.1 cm³/mol. The molecule has 0 aliphatic heterocycles. The SMILES string of the molecule is O=c1c2sc3ccccc3c2[nH]c(=S)n1Cc1cccnc1. The van der Waals surface area contributed by atoms with Crippen LogP contribution < -0.4 is 5.56 Å². The number of pyridine rings is 1. The smallest absolute Gasteiger partial charge is 0.272 e. The number of aromatic nitrogens is 3. The molecule has 0 unspecified atom stereocenters. The maximum atomic E-state index is 12.8. The van der Waals surface area contributed by atoms with Gasteiger partial charge in [0.05, 0.1) is 12.1 Å². The van der Waals surface area contributed by atoms with Crippen LogP contribution in [0.25, 0.3) is 20.3 Å². The van der Waals surface area contributed by atoms with Crippen molar-refractivity contribution < 1.29 is 0 Å². The second kappa shape index (κ2) is 5.15. The highest BCUT2D eigenvalue weighted by atomic mass is 32.1. The Labute approximate surface area is 134 Å². The van der Waals surface area contributed by atoms with Gasteiger partial charge in [-0.15, -0.1) is 11.3 Å². The number of thiophene rings is 1. The summed E-state index contributed by atoms with van der Waals surface area (Å²) in [6, 6.07) is 11.7. The molecule has 0 radical (unpaired) electrons. The van der Waals surface area contributed by atoms with Gasteiger partial charge < -0.3 is 4.98 Å². The van der Waals surface area contributed by atoms with E-state index in [-0.39, 0.29) is 5.56 Å². The molecule has 0 fully saturated rings. The van der Waals surface area contributed by atoms with Crippen LogP contribution in [-0.4, -0.2) is 14.5 Å². The summed E-state index contributed by atoms with van der Waals surface area (Å²) in [6.45, 7) is 0.423. The summed E-state index contributed by atoms with van der Waals surface area (Å²) in [5.41, 5.74) is 1.73. The highest BCUT2D eigenvalue weighted by Crippen LogP contribution is 2.29. The van der Waals surface area contributed by atoms with Gasteiger partial charge in [-0.3, -0.25) is 14.3 Å². The summed E-state index contributed by atoms with van der Waals surface area (Å²) in [4.78, 5) is 20.1. The van der Waals surface area contributed by atoms with Crippen LogP contribution >= 0.6 is 23.6 Å². The Balaban J connectivity index is 1.99. The molecule has 0 aliphatic rings. The van der Waals surface area contributed by atoms with Crippen molar-refractivity contribution in [2.45, 2.75) is 6.54 Å². The van der Waals surface area contributed by atoms with E-state index < -0.39 is 0 Å². The lowest BCUT2D eigenvalue weighted by Crippen LogP contribution is -2.21. The maximum Gasteiger partial charge on any atom is 0.272 e. The van der Waals surface area contributed by atoms with Crippen molar-refractivity contribution in [3.8, 4) is 0 Å². The molecule has 1 N–H and O–H groups in total. The maximum absolute atomic E-state index is 12.8. The van der Waals surface area contributed by atoms with Crippen LogP contribution in [0.4, 0.5) is 0 Å². The Kier molecular flexibility index (Phi) is 3.13. The van der Waals surface area contributed by atoms with Crippen molar-refractivity contribution in [1.29, 1.82) is 0 Å². The third-order valence-electron chi connectivity index (χ3n) is 3.58. The highest BCUT2D eigenvalue weighted by Gasteiger charge is 2.12. The van der Waals surface area contributed by atoms with E-state index in [0.29, 0.717) is 16.0 Å². The number of rotatable bonds is 2. The van der Waals surface area contributed by atoms with E-state index >= 15 is 0 Å². The first kappa shape index (κ1) is 13.4. The second-order valence-electron chi connectivity index (χ2n) is 4.99. The second-order valence-corrected chi connectivity index (χ2v) is 6.42.